The fourth-order valence-corrected chi connectivity index (χ4v) is 3.09. The molecule has 0 heterocycles. The second-order valence-electron chi connectivity index (χ2n) is 5.87. The molecule has 4 N–H and O–H groups in total. The molecule has 114 valence electrons. The molecule has 0 saturated heterocycles. The number of nitrogens with one attached hydrogen (secondary N) is 2. The van der Waals surface area contributed by atoms with Crippen LogP contribution in [0.4, 0.5) is 10.5 Å². The number of rotatable bonds is 5. The van der Waals surface area contributed by atoms with Crippen molar-refractivity contribution in [1.82, 2.24) is 5.32 Å². The van der Waals surface area contributed by atoms with E-state index < -0.39 is 10.0 Å². The fourth-order valence-electron chi connectivity index (χ4n) is 2.58. The lowest BCUT2D eigenvalue weighted by Crippen LogP contribution is -2.40. The van der Waals surface area contributed by atoms with Gasteiger partial charge in [0.1, 0.15) is 0 Å². The molecule has 0 atom stereocenters. The predicted octanol–water partition coefficient (Wildman–Crippen LogP) is 1.64. The van der Waals surface area contributed by atoms with Gasteiger partial charge in [0.2, 0.25) is 10.0 Å². The summed E-state index contributed by atoms with van der Waals surface area (Å²) in [4.78, 5) is 12.0. The van der Waals surface area contributed by atoms with Crippen molar-refractivity contribution >= 4 is 21.7 Å². The van der Waals surface area contributed by atoms with Gasteiger partial charge in [-0.2, -0.15) is 0 Å². The van der Waals surface area contributed by atoms with Crippen LogP contribution in [0.3, 0.4) is 0 Å². The molecule has 0 radical (unpaired) electrons. The Morgan fingerprint density at radius 3 is 2.05 bits per heavy atom. The Bertz CT molecular complexity index is 622. The molecule has 1 aromatic rings. The molecular formula is C14H19N3O3S. The van der Waals surface area contributed by atoms with Crippen LogP contribution in [-0.4, -0.2) is 20.5 Å². The minimum absolute atomic E-state index is 0.0299. The molecule has 3 rings (SSSR count). The van der Waals surface area contributed by atoms with Crippen LogP contribution in [0.5, 0.6) is 0 Å². The first-order valence-corrected chi connectivity index (χ1v) is 8.68. The molecule has 2 fully saturated rings. The molecule has 2 saturated carbocycles. The van der Waals surface area contributed by atoms with E-state index in [1.54, 1.807) is 0 Å². The number of carbonyl (C=O) groups excluding carboxylic acids is 1. The maximum atomic E-state index is 12.0. The number of nitrogens with two attached hydrogens (primary N) is 1. The van der Waals surface area contributed by atoms with Crippen LogP contribution in [0.15, 0.2) is 29.2 Å². The monoisotopic (exact) mass is 309 g/mol. The lowest BCUT2D eigenvalue weighted by atomic mass is 10.1. The normalized spacial score (nSPS) is 18.6. The zero-order chi connectivity index (χ0) is 15.0. The van der Waals surface area contributed by atoms with Gasteiger partial charge >= 0.3 is 6.03 Å². The van der Waals surface area contributed by atoms with Crippen molar-refractivity contribution in [3.8, 4) is 0 Å². The van der Waals surface area contributed by atoms with Crippen molar-refractivity contribution in [1.29, 1.82) is 0 Å². The van der Waals surface area contributed by atoms with Gasteiger partial charge in [0.05, 0.1) is 4.90 Å². The van der Waals surface area contributed by atoms with E-state index in [-0.39, 0.29) is 17.0 Å². The predicted molar refractivity (Wildman–Crippen MR) is 79.2 cm³/mol. The van der Waals surface area contributed by atoms with E-state index in [1.165, 1.54) is 49.9 Å². The van der Waals surface area contributed by atoms with Crippen LogP contribution in [-0.2, 0) is 10.0 Å². The van der Waals surface area contributed by atoms with Crippen molar-refractivity contribution in [2.24, 2.45) is 17.0 Å². The summed E-state index contributed by atoms with van der Waals surface area (Å²) in [6.45, 7) is 0. The lowest BCUT2D eigenvalue weighted by Gasteiger charge is -2.18. The molecule has 0 bridgehead atoms. The van der Waals surface area contributed by atoms with E-state index in [9.17, 15) is 13.2 Å². The first-order chi connectivity index (χ1) is 9.93. The first kappa shape index (κ1) is 14.3. The minimum Gasteiger partial charge on any atom is -0.335 e. The van der Waals surface area contributed by atoms with Crippen LogP contribution in [0.25, 0.3) is 0 Å². The highest BCUT2D eigenvalue weighted by Gasteiger charge is 2.42. The van der Waals surface area contributed by atoms with Crippen LogP contribution in [0.1, 0.15) is 25.7 Å². The quantitative estimate of drug-likeness (QED) is 0.770. The van der Waals surface area contributed by atoms with Gasteiger partial charge in [-0.3, -0.25) is 0 Å². The van der Waals surface area contributed by atoms with Gasteiger partial charge in [-0.15, -0.1) is 0 Å². The summed E-state index contributed by atoms with van der Waals surface area (Å²) in [5, 5.41) is 10.8. The molecule has 2 aliphatic rings. The molecular weight excluding hydrogens is 290 g/mol. The third-order valence-electron chi connectivity index (χ3n) is 4.00. The Hall–Kier alpha value is -1.60. The average molecular weight is 309 g/mol. The summed E-state index contributed by atoms with van der Waals surface area (Å²) in [6, 6.07) is 5.87. The van der Waals surface area contributed by atoms with Crippen molar-refractivity contribution < 1.29 is 13.2 Å². The topological polar surface area (TPSA) is 101 Å². The Labute approximate surface area is 124 Å². The molecule has 0 aromatic heterocycles. The van der Waals surface area contributed by atoms with E-state index in [1.807, 2.05) is 0 Å². The van der Waals surface area contributed by atoms with E-state index in [4.69, 9.17) is 5.14 Å². The summed E-state index contributed by atoms with van der Waals surface area (Å²) in [7, 11) is -3.70. The number of primary sulfonamides is 1. The molecule has 6 nitrogen and oxygen atoms in total. The maximum Gasteiger partial charge on any atom is 0.319 e. The van der Waals surface area contributed by atoms with Gasteiger partial charge in [0, 0.05) is 11.7 Å². The Balaban J connectivity index is 1.59. The van der Waals surface area contributed by atoms with Crippen LogP contribution < -0.4 is 15.8 Å². The molecule has 7 heteroatoms. The van der Waals surface area contributed by atoms with Gasteiger partial charge < -0.3 is 10.6 Å². The van der Waals surface area contributed by atoms with Gasteiger partial charge in [-0.05, 0) is 61.8 Å². The first-order valence-electron chi connectivity index (χ1n) is 7.14. The zero-order valence-corrected chi connectivity index (χ0v) is 12.4. The smallest absolute Gasteiger partial charge is 0.319 e. The van der Waals surface area contributed by atoms with E-state index in [2.05, 4.69) is 10.6 Å². The molecule has 2 amide bonds. The number of hydrogen-bond acceptors (Lipinski definition) is 3. The average Bonchev–Trinajstić information content (AvgIpc) is 3.27. The summed E-state index contributed by atoms with van der Waals surface area (Å²) in [5.41, 5.74) is 0.547. The third kappa shape index (κ3) is 3.74. The SMILES string of the molecule is NS(=O)(=O)c1ccc(NC(=O)NC(C2CC2)C2CC2)cc1. The second-order valence-corrected chi connectivity index (χ2v) is 7.43. The zero-order valence-electron chi connectivity index (χ0n) is 11.6. The van der Waals surface area contributed by atoms with Crippen molar-refractivity contribution in [3.63, 3.8) is 0 Å². The molecule has 2 aliphatic carbocycles. The van der Waals surface area contributed by atoms with Crippen LogP contribution in [0.2, 0.25) is 0 Å². The molecule has 0 aliphatic heterocycles. The van der Waals surface area contributed by atoms with Gasteiger partial charge in [-0.1, -0.05) is 0 Å². The number of urea groups is 1. The van der Waals surface area contributed by atoms with Crippen LogP contribution >= 0.6 is 0 Å². The van der Waals surface area contributed by atoms with Gasteiger partial charge in [0.25, 0.3) is 0 Å². The highest BCUT2D eigenvalue weighted by atomic mass is 32.2. The minimum atomic E-state index is -3.70. The molecule has 0 unspecified atom stereocenters. The van der Waals surface area contributed by atoms with E-state index >= 15 is 0 Å². The number of anilines is 1. The molecule has 21 heavy (non-hydrogen) atoms. The largest absolute Gasteiger partial charge is 0.335 e. The van der Waals surface area contributed by atoms with Crippen molar-refractivity contribution in [2.45, 2.75) is 36.6 Å². The van der Waals surface area contributed by atoms with E-state index in [0.29, 0.717) is 17.5 Å². The van der Waals surface area contributed by atoms with Gasteiger partial charge in [0.15, 0.2) is 0 Å². The lowest BCUT2D eigenvalue weighted by molar-refractivity contribution is 0.245. The van der Waals surface area contributed by atoms with Crippen molar-refractivity contribution in [2.75, 3.05) is 5.32 Å². The summed E-state index contributed by atoms with van der Waals surface area (Å²) in [5.74, 6) is 1.26. The molecule has 1 aromatic carbocycles. The molecule has 0 spiro atoms. The Morgan fingerprint density at radius 2 is 1.62 bits per heavy atom. The fraction of sp³-hybridized carbons (Fsp3) is 0.500. The second kappa shape index (κ2) is 5.31. The Morgan fingerprint density at radius 1 is 1.10 bits per heavy atom. The highest BCUT2D eigenvalue weighted by molar-refractivity contribution is 7.89. The summed E-state index contributed by atoms with van der Waals surface area (Å²) in [6.07, 6.45) is 4.80. The van der Waals surface area contributed by atoms with Crippen LogP contribution in [0, 0.1) is 11.8 Å². The summed E-state index contributed by atoms with van der Waals surface area (Å²) < 4.78 is 22.3. The maximum absolute atomic E-state index is 12.0. The standard InChI is InChI=1S/C14H19N3O3S/c15-21(19,20)12-7-5-11(6-8-12)16-14(18)17-13(9-1-2-9)10-3-4-10/h5-10,13H,1-4H2,(H2,15,19,20)(H2,16,17,18). The number of hydrogen-bond donors (Lipinski definition) is 3. The summed E-state index contributed by atoms with van der Waals surface area (Å²) >= 11 is 0. The number of amides is 2. The number of benzene rings is 1. The highest BCUT2D eigenvalue weighted by Crippen LogP contribution is 2.44. The van der Waals surface area contributed by atoms with Gasteiger partial charge in [-0.25, -0.2) is 18.4 Å². The number of carbonyl (C=O) groups is 1. The van der Waals surface area contributed by atoms with E-state index in [0.717, 1.165) is 0 Å². The third-order valence-corrected chi connectivity index (χ3v) is 4.93. The Kier molecular flexibility index (Phi) is 3.62. The number of sulfonamides is 1. The van der Waals surface area contributed by atoms with Crippen molar-refractivity contribution in [3.05, 3.63) is 24.3 Å².